The summed E-state index contributed by atoms with van der Waals surface area (Å²) in [5, 5.41) is 10.6. The van der Waals surface area contributed by atoms with E-state index in [1.165, 1.54) is 135 Å². The molecule has 0 aromatic carbocycles. The molecule has 528 valence electrons. The molecule has 0 bridgehead atoms. The zero-order valence-electron chi connectivity index (χ0n) is 58.1. The molecule has 5 unspecified atom stereocenters. The number of esters is 4. The van der Waals surface area contributed by atoms with Crippen LogP contribution >= 0.6 is 15.6 Å². The molecule has 0 spiro atoms. The van der Waals surface area contributed by atoms with Crippen molar-refractivity contribution in [2.24, 2.45) is 23.7 Å². The van der Waals surface area contributed by atoms with Gasteiger partial charge in [-0.15, -0.1) is 0 Å². The van der Waals surface area contributed by atoms with Gasteiger partial charge in [0.25, 0.3) is 0 Å². The molecule has 19 heteroatoms. The number of carbonyl (C=O) groups excluding carboxylic acids is 4. The fraction of sp³-hybridized carbons (Fsp3) is 0.943. The highest BCUT2D eigenvalue weighted by molar-refractivity contribution is 7.47. The number of carbonyl (C=O) groups is 4. The predicted molar refractivity (Wildman–Crippen MR) is 358 cm³/mol. The summed E-state index contributed by atoms with van der Waals surface area (Å²) in [5.74, 6) is 0.892. The Morgan fingerprint density at radius 3 is 0.798 bits per heavy atom. The lowest BCUT2D eigenvalue weighted by Gasteiger charge is -2.21. The van der Waals surface area contributed by atoms with Crippen molar-refractivity contribution in [3.63, 3.8) is 0 Å². The lowest BCUT2D eigenvalue weighted by Crippen LogP contribution is -2.30. The number of aliphatic hydroxyl groups excluding tert-OH is 1. The first-order valence-corrected chi connectivity index (χ1v) is 39.3. The summed E-state index contributed by atoms with van der Waals surface area (Å²) in [4.78, 5) is 72.5. The SMILES string of the molecule is CCC(C)CCCCCCCCCCCCCCCCC(=O)O[C@H](COC(=O)CCCCCCCCC(C)C)COP(=O)(O)OC[C@H](O)COP(=O)(O)OC[C@@H](COC(=O)CCCCCCCCC(C)CC)OC(=O)CCCCCCCCCCC(C)CC. The average Bonchev–Trinajstić information content (AvgIpc) is 3.69. The van der Waals surface area contributed by atoms with Gasteiger partial charge in [0.1, 0.15) is 19.3 Å². The minimum absolute atomic E-state index is 0.103. The largest absolute Gasteiger partial charge is 0.472 e. The maximum atomic E-state index is 13.0. The smallest absolute Gasteiger partial charge is 0.462 e. The number of phosphoric ester groups is 2. The zero-order valence-corrected chi connectivity index (χ0v) is 59.8. The number of rotatable bonds is 67. The molecule has 0 aliphatic heterocycles. The van der Waals surface area contributed by atoms with Crippen LogP contribution in [0.3, 0.4) is 0 Å². The minimum Gasteiger partial charge on any atom is -0.462 e. The van der Waals surface area contributed by atoms with E-state index in [1.807, 2.05) is 0 Å². The predicted octanol–water partition coefficient (Wildman–Crippen LogP) is 19.7. The van der Waals surface area contributed by atoms with Crippen molar-refractivity contribution in [1.82, 2.24) is 0 Å². The van der Waals surface area contributed by atoms with E-state index in [0.29, 0.717) is 31.6 Å². The second-order valence-corrected chi connectivity index (χ2v) is 29.4. The van der Waals surface area contributed by atoms with Crippen LogP contribution in [0.15, 0.2) is 0 Å². The first kappa shape index (κ1) is 87.1. The summed E-state index contributed by atoms with van der Waals surface area (Å²) in [6, 6.07) is 0. The van der Waals surface area contributed by atoms with Crippen LogP contribution in [0.4, 0.5) is 0 Å². The third-order valence-electron chi connectivity index (χ3n) is 17.2. The molecule has 0 aromatic rings. The van der Waals surface area contributed by atoms with Gasteiger partial charge in [0.2, 0.25) is 0 Å². The van der Waals surface area contributed by atoms with Crippen molar-refractivity contribution < 1.29 is 80.2 Å². The molecule has 0 aromatic heterocycles. The molecule has 8 atom stereocenters. The number of hydrogen-bond acceptors (Lipinski definition) is 15. The standard InChI is InChI=1S/C70H136O17P2/c1-9-61(6)47-39-31-22-18-16-14-12-13-15-17-19-24-36-44-52-69(74)86-65(56-80-67(72)50-42-34-28-26-30-38-46-60(4)5)58-84-88(76,77)82-54-64(71)55-83-89(78,79)85-59-66(57-81-68(73)51-43-35-29-27-33-41-49-63(8)11-3)87-70(75)53-45-37-25-21-20-23-32-40-48-62(7)10-2/h60-66,71H,9-59H2,1-8H3,(H,76,77)(H,78,79)/t61?,62?,63?,64-,65+,66+/m0/s1. The molecule has 0 aliphatic rings. The molecule has 0 amide bonds. The van der Waals surface area contributed by atoms with Gasteiger partial charge < -0.3 is 33.8 Å². The number of phosphoric acid groups is 2. The fourth-order valence-corrected chi connectivity index (χ4v) is 12.0. The van der Waals surface area contributed by atoms with E-state index in [2.05, 4.69) is 55.4 Å². The van der Waals surface area contributed by atoms with E-state index in [9.17, 15) is 43.2 Å². The monoisotopic (exact) mass is 1310 g/mol. The first-order chi connectivity index (χ1) is 42.7. The molecule has 0 aliphatic carbocycles. The van der Waals surface area contributed by atoms with Crippen molar-refractivity contribution in [3.8, 4) is 0 Å². The normalized spacial score (nSPS) is 15.2. The molecule has 0 fully saturated rings. The zero-order chi connectivity index (χ0) is 66.1. The first-order valence-electron chi connectivity index (χ1n) is 36.3. The van der Waals surface area contributed by atoms with Gasteiger partial charge in [-0.2, -0.15) is 0 Å². The summed E-state index contributed by atoms with van der Waals surface area (Å²) in [6.45, 7) is 14.1. The summed E-state index contributed by atoms with van der Waals surface area (Å²) in [5.41, 5.74) is 0. The van der Waals surface area contributed by atoms with Crippen molar-refractivity contribution in [1.29, 1.82) is 0 Å². The number of aliphatic hydroxyl groups is 1. The lowest BCUT2D eigenvalue weighted by atomic mass is 9.99. The molecular weight excluding hydrogens is 1170 g/mol. The van der Waals surface area contributed by atoms with E-state index in [0.717, 1.165) is 120 Å². The lowest BCUT2D eigenvalue weighted by molar-refractivity contribution is -0.161. The van der Waals surface area contributed by atoms with Gasteiger partial charge in [-0.05, 0) is 49.4 Å². The second kappa shape index (κ2) is 59.8. The molecule has 89 heavy (non-hydrogen) atoms. The molecule has 17 nitrogen and oxygen atoms in total. The number of unbranched alkanes of at least 4 members (excludes halogenated alkanes) is 30. The van der Waals surface area contributed by atoms with Crippen LogP contribution in [0.1, 0.15) is 344 Å². The van der Waals surface area contributed by atoms with Crippen LogP contribution in [0.2, 0.25) is 0 Å². The third-order valence-corrected chi connectivity index (χ3v) is 19.1. The van der Waals surface area contributed by atoms with Gasteiger partial charge in [0.05, 0.1) is 26.4 Å². The van der Waals surface area contributed by atoms with Crippen molar-refractivity contribution in [2.75, 3.05) is 39.6 Å². The minimum atomic E-state index is -4.95. The Balaban J connectivity index is 5.22. The third kappa shape index (κ3) is 60.7. The highest BCUT2D eigenvalue weighted by Gasteiger charge is 2.30. The summed E-state index contributed by atoms with van der Waals surface area (Å²) in [7, 11) is -9.90. The highest BCUT2D eigenvalue weighted by Crippen LogP contribution is 2.45. The molecule has 0 heterocycles. The van der Waals surface area contributed by atoms with Crippen molar-refractivity contribution in [2.45, 2.75) is 363 Å². The van der Waals surface area contributed by atoms with Crippen LogP contribution in [0.5, 0.6) is 0 Å². The van der Waals surface area contributed by atoms with Gasteiger partial charge in [0.15, 0.2) is 12.2 Å². The average molecular weight is 1310 g/mol. The van der Waals surface area contributed by atoms with E-state index in [-0.39, 0.29) is 25.7 Å². The van der Waals surface area contributed by atoms with E-state index in [4.69, 9.17) is 37.0 Å². The van der Waals surface area contributed by atoms with Crippen LogP contribution in [-0.4, -0.2) is 96.7 Å². The fourth-order valence-electron chi connectivity index (χ4n) is 10.4. The van der Waals surface area contributed by atoms with Gasteiger partial charge in [0, 0.05) is 25.7 Å². The molecule has 0 radical (unpaired) electrons. The molecule has 0 saturated heterocycles. The molecule has 3 N–H and O–H groups in total. The number of ether oxygens (including phenoxy) is 4. The maximum absolute atomic E-state index is 13.0. The van der Waals surface area contributed by atoms with E-state index >= 15 is 0 Å². The topological polar surface area (TPSA) is 237 Å². The Bertz CT molecular complexity index is 1770. The van der Waals surface area contributed by atoms with Gasteiger partial charge in [-0.25, -0.2) is 9.13 Å². The highest BCUT2D eigenvalue weighted by atomic mass is 31.2. The Kier molecular flexibility index (Phi) is 58.5. The Morgan fingerprint density at radius 2 is 0.539 bits per heavy atom. The van der Waals surface area contributed by atoms with Crippen molar-refractivity contribution >= 4 is 39.5 Å². The van der Waals surface area contributed by atoms with Crippen LogP contribution in [0.25, 0.3) is 0 Å². The van der Waals surface area contributed by atoms with Crippen LogP contribution in [0, 0.1) is 23.7 Å². The molecule has 0 rings (SSSR count). The Labute approximate surface area is 543 Å². The summed E-state index contributed by atoms with van der Waals surface area (Å²) < 4.78 is 68.2. The van der Waals surface area contributed by atoms with Gasteiger partial charge in [-0.1, -0.05) is 293 Å². The molecular formula is C70H136O17P2. The Morgan fingerprint density at radius 1 is 0.315 bits per heavy atom. The maximum Gasteiger partial charge on any atom is 0.472 e. The van der Waals surface area contributed by atoms with Gasteiger partial charge >= 0.3 is 39.5 Å². The van der Waals surface area contributed by atoms with Crippen molar-refractivity contribution in [3.05, 3.63) is 0 Å². The molecule has 0 saturated carbocycles. The summed E-state index contributed by atoms with van der Waals surface area (Å²) in [6.07, 6.45) is 41.8. The van der Waals surface area contributed by atoms with E-state index in [1.54, 1.807) is 0 Å². The van der Waals surface area contributed by atoms with E-state index < -0.39 is 97.5 Å². The quantitative estimate of drug-likeness (QED) is 0.0222. The van der Waals surface area contributed by atoms with Crippen LogP contribution < -0.4 is 0 Å². The summed E-state index contributed by atoms with van der Waals surface area (Å²) >= 11 is 0. The van der Waals surface area contributed by atoms with Crippen LogP contribution in [-0.2, 0) is 65.4 Å². The Hall–Kier alpha value is -1.94. The number of hydrogen-bond donors (Lipinski definition) is 3. The van der Waals surface area contributed by atoms with Gasteiger partial charge in [-0.3, -0.25) is 37.3 Å². The second-order valence-electron chi connectivity index (χ2n) is 26.5.